The average molecular weight is 630 g/mol. The van der Waals surface area contributed by atoms with Crippen LogP contribution in [-0.4, -0.2) is 6.22 Å². The van der Waals surface area contributed by atoms with Gasteiger partial charge in [0.05, 0.1) is 0 Å². The number of benzene rings is 2. The summed E-state index contributed by atoms with van der Waals surface area (Å²) in [7, 11) is 0. The van der Waals surface area contributed by atoms with Crippen LogP contribution in [0.1, 0.15) is 93.4 Å². The summed E-state index contributed by atoms with van der Waals surface area (Å²) in [6, 6.07) is 24.4. The molecule has 1 radical (unpaired) electrons. The maximum Gasteiger partial charge on any atom is -0.0251 e. The second-order valence-electron chi connectivity index (χ2n) is 9.96. The van der Waals surface area contributed by atoms with Crippen LogP contribution in [0.4, 0.5) is 0 Å². The zero-order valence-corrected chi connectivity index (χ0v) is 25.9. The first-order valence-corrected chi connectivity index (χ1v) is 20.0. The normalized spacial score (nSPS) is 15.0. The Bertz CT molecular complexity index is 1110. The smallest absolute Gasteiger partial charge is 0.0251 e. The second-order valence-corrected chi connectivity index (χ2v) is 14.6. The van der Waals surface area contributed by atoms with Crippen LogP contribution in [0, 0.1) is 0 Å². The van der Waals surface area contributed by atoms with Gasteiger partial charge in [0.25, 0.3) is 0 Å². The van der Waals surface area contributed by atoms with Crippen molar-refractivity contribution in [2.75, 3.05) is 0 Å². The number of hydrogen-bond donors (Lipinski definition) is 0. The van der Waals surface area contributed by atoms with Gasteiger partial charge in [-0.1, -0.05) is 37.1 Å². The molecule has 0 amide bonds. The van der Waals surface area contributed by atoms with Crippen molar-refractivity contribution in [1.29, 1.82) is 0 Å². The molecule has 34 heavy (non-hydrogen) atoms. The third-order valence-corrected chi connectivity index (χ3v) is 10.5. The molecule has 0 aromatic heterocycles. The Balaban J connectivity index is 0.000000132. The first-order valence-electron chi connectivity index (χ1n) is 13.4. The predicted octanol–water partition coefficient (Wildman–Crippen LogP) is 9.37. The molecule has 0 bridgehead atoms. The maximum atomic E-state index is 2.38. The van der Waals surface area contributed by atoms with Crippen molar-refractivity contribution in [2.24, 2.45) is 0 Å². The molecule has 0 saturated heterocycles. The summed E-state index contributed by atoms with van der Waals surface area (Å²) in [4.78, 5) is 0. The minimum Gasteiger partial charge on any atom is -0.165 e. The van der Waals surface area contributed by atoms with Gasteiger partial charge in [0, 0.05) is 0 Å². The van der Waals surface area contributed by atoms with E-state index in [1.165, 1.54) is 106 Å². The van der Waals surface area contributed by atoms with E-state index in [1.807, 2.05) is 0 Å². The van der Waals surface area contributed by atoms with Gasteiger partial charge in [0.2, 0.25) is 0 Å². The Morgan fingerprint density at radius 2 is 1.24 bits per heavy atom. The van der Waals surface area contributed by atoms with Gasteiger partial charge < -0.3 is 0 Å². The summed E-state index contributed by atoms with van der Waals surface area (Å²) in [5.74, 6) is 1.73. The molecule has 4 aromatic carbocycles. The Labute approximate surface area is 222 Å². The monoisotopic (exact) mass is 631 g/mol. The van der Waals surface area contributed by atoms with Gasteiger partial charge in [-0.15, -0.1) is 69.1 Å². The summed E-state index contributed by atoms with van der Waals surface area (Å²) < 4.78 is 0. The van der Waals surface area contributed by atoms with Crippen LogP contribution in [0.2, 0.25) is 6.04 Å². The van der Waals surface area contributed by atoms with Gasteiger partial charge >= 0.3 is 55.0 Å². The van der Waals surface area contributed by atoms with Gasteiger partial charge in [-0.3, -0.25) is 0 Å². The SMILES string of the molecule is CCCC[Si]=[Hf+2].CCc1cc2c(C3CC3)cccc2[cH-]1.CCc1cc2c(C3CC3)cccc2[cH-]1. The molecule has 6 rings (SSSR count). The van der Waals surface area contributed by atoms with Gasteiger partial charge in [-0.2, -0.15) is 12.1 Å². The van der Waals surface area contributed by atoms with Crippen LogP contribution in [0.25, 0.3) is 21.5 Å². The fraction of sp³-hybridized carbons (Fsp3) is 0.438. The summed E-state index contributed by atoms with van der Waals surface area (Å²) >= 11 is 1.43. The maximum absolute atomic E-state index is 2.38. The Morgan fingerprint density at radius 3 is 1.56 bits per heavy atom. The zero-order valence-electron chi connectivity index (χ0n) is 21.3. The molecule has 0 spiro atoms. The molecule has 0 atom stereocenters. The Kier molecular flexibility index (Phi) is 9.59. The van der Waals surface area contributed by atoms with E-state index >= 15 is 0 Å². The molecule has 0 aliphatic heterocycles. The van der Waals surface area contributed by atoms with E-state index in [2.05, 4.69) is 81.4 Å². The van der Waals surface area contributed by atoms with E-state index in [1.54, 1.807) is 11.1 Å². The number of rotatable bonds is 7. The third kappa shape index (κ3) is 6.70. The van der Waals surface area contributed by atoms with E-state index < -0.39 is 0 Å². The first-order chi connectivity index (χ1) is 16.7. The number of fused-ring (bicyclic) bond motifs is 2. The van der Waals surface area contributed by atoms with Crippen molar-refractivity contribution in [1.82, 2.24) is 0 Å². The molecule has 0 unspecified atom stereocenters. The number of aryl methyl sites for hydroxylation is 2. The van der Waals surface area contributed by atoms with Crippen LogP contribution in [0.15, 0.2) is 60.7 Å². The molecule has 0 N–H and O–H groups in total. The topological polar surface area (TPSA) is 0 Å². The van der Waals surface area contributed by atoms with E-state index in [9.17, 15) is 0 Å². The van der Waals surface area contributed by atoms with Gasteiger partial charge in [0.15, 0.2) is 0 Å². The van der Waals surface area contributed by atoms with Crippen molar-refractivity contribution in [3.05, 3.63) is 82.9 Å². The van der Waals surface area contributed by atoms with Crippen molar-refractivity contribution >= 4 is 27.8 Å². The second kappa shape index (κ2) is 12.6. The van der Waals surface area contributed by atoms with Crippen LogP contribution in [-0.2, 0) is 35.8 Å². The Hall–Kier alpha value is -1.25. The average Bonchev–Trinajstić information content (AvgIpc) is 3.80. The molecule has 2 aliphatic rings. The minimum absolute atomic E-state index is 0.866. The van der Waals surface area contributed by atoms with E-state index in [0.29, 0.717) is 0 Å². The van der Waals surface area contributed by atoms with Crippen molar-refractivity contribution in [2.45, 2.75) is 90.0 Å². The summed E-state index contributed by atoms with van der Waals surface area (Å²) in [5.41, 5.74) is 6.13. The molecule has 2 heteroatoms. The fourth-order valence-corrected chi connectivity index (χ4v) is 7.25. The van der Waals surface area contributed by atoms with Crippen molar-refractivity contribution in [3.63, 3.8) is 0 Å². The van der Waals surface area contributed by atoms with E-state index in [-0.39, 0.29) is 0 Å². The van der Waals surface area contributed by atoms with Gasteiger partial charge in [-0.25, -0.2) is 0 Å². The largest absolute Gasteiger partial charge is 0.165 e. The van der Waals surface area contributed by atoms with Gasteiger partial charge in [-0.05, 0) is 50.4 Å². The molecular formula is C32H39HfSi. The molecule has 0 nitrogen and oxygen atoms in total. The predicted molar refractivity (Wildman–Crippen MR) is 147 cm³/mol. The zero-order chi connectivity index (χ0) is 23.9. The molecule has 2 aliphatic carbocycles. The summed E-state index contributed by atoms with van der Waals surface area (Å²) in [6.07, 6.45) is 12.0. The van der Waals surface area contributed by atoms with Crippen molar-refractivity contribution in [3.8, 4) is 0 Å². The Morgan fingerprint density at radius 1 is 0.765 bits per heavy atom. The quantitative estimate of drug-likeness (QED) is 0.109. The number of unbranched alkanes of at least 4 members (excludes halogenated alkanes) is 1. The van der Waals surface area contributed by atoms with Gasteiger partial charge in [0.1, 0.15) is 0 Å². The standard InChI is InChI=1S/2C14H15.C4H9Si.Hf/c2*1-2-10-8-12-4-3-5-13(11-6-7-11)14(12)9-10;1-2-3-4-5;/h2*3-5,8-9,11H,2,6-7H2,1H3;2-4H2,1H3;/q2*-1;;+2. The minimum atomic E-state index is 0.866. The molecule has 2 fully saturated rings. The molecule has 0 heterocycles. The van der Waals surface area contributed by atoms with Crippen molar-refractivity contribution < 1.29 is 23.0 Å². The van der Waals surface area contributed by atoms with Crippen LogP contribution >= 0.6 is 0 Å². The first kappa shape index (κ1) is 25.8. The number of hydrogen-bond acceptors (Lipinski definition) is 0. The third-order valence-electron chi connectivity index (χ3n) is 7.19. The molecule has 175 valence electrons. The molecule has 2 saturated carbocycles. The van der Waals surface area contributed by atoms with E-state index in [0.717, 1.165) is 24.7 Å². The van der Waals surface area contributed by atoms with Crippen LogP contribution in [0.3, 0.4) is 0 Å². The molecule has 4 aromatic rings. The summed E-state index contributed by atoms with van der Waals surface area (Å²) in [6.45, 7) is 6.71. The van der Waals surface area contributed by atoms with Crippen LogP contribution in [0.5, 0.6) is 0 Å². The molecular weight excluding hydrogens is 591 g/mol. The van der Waals surface area contributed by atoms with Crippen LogP contribution < -0.4 is 0 Å². The fourth-order valence-electron chi connectivity index (χ4n) is 4.82. The van der Waals surface area contributed by atoms with E-state index in [4.69, 9.17) is 0 Å². The summed E-state index contributed by atoms with van der Waals surface area (Å²) in [5, 5.41) is 5.89.